The van der Waals surface area contributed by atoms with Crippen LogP contribution in [0.4, 0.5) is 32.0 Å². The number of rotatable bonds is 10. The Bertz CT molecular complexity index is 2150. The van der Waals surface area contributed by atoms with E-state index in [1.807, 2.05) is 0 Å². The quantitative estimate of drug-likeness (QED) is 0.0239. The van der Waals surface area contributed by atoms with Gasteiger partial charge in [-0.1, -0.05) is 91.0 Å². The number of benzene rings is 3. The van der Waals surface area contributed by atoms with E-state index in [0.717, 1.165) is 0 Å². The molecule has 1 aliphatic carbocycles. The van der Waals surface area contributed by atoms with Gasteiger partial charge < -0.3 is 13.3 Å². The fourth-order valence-electron chi connectivity index (χ4n) is 4.74. The third-order valence-electron chi connectivity index (χ3n) is 7.76. The van der Waals surface area contributed by atoms with Gasteiger partial charge in [-0.15, -0.1) is 22.4 Å². The van der Waals surface area contributed by atoms with E-state index in [1.54, 1.807) is 0 Å². The molecule has 0 N–H and O–H groups in total. The number of hydrogen-bond acceptors (Lipinski definition) is 8. The van der Waals surface area contributed by atoms with Crippen LogP contribution in [0.25, 0.3) is 11.1 Å². The average molecular weight is 849 g/mol. The lowest BCUT2D eigenvalue weighted by molar-refractivity contribution is -0.462. The summed E-state index contributed by atoms with van der Waals surface area (Å²) in [5.74, 6) is -4.09. The lowest BCUT2D eigenvalue weighted by Gasteiger charge is -2.20. The molecular formula is C39H39BF6N4O6S2. The van der Waals surface area contributed by atoms with E-state index < -0.39 is 50.2 Å². The summed E-state index contributed by atoms with van der Waals surface area (Å²) in [5, 5.41) is 0. The van der Waals surface area contributed by atoms with Crippen molar-refractivity contribution in [1.29, 1.82) is 0 Å². The highest BCUT2D eigenvalue weighted by Crippen LogP contribution is 2.29. The van der Waals surface area contributed by atoms with Crippen molar-refractivity contribution in [3.05, 3.63) is 150 Å². The van der Waals surface area contributed by atoms with Crippen LogP contribution in [0.15, 0.2) is 133 Å². The molecule has 0 saturated carbocycles. The third kappa shape index (κ3) is 13.9. The first-order valence-electron chi connectivity index (χ1n) is 16.5. The van der Waals surface area contributed by atoms with Crippen molar-refractivity contribution in [2.24, 2.45) is 0 Å². The van der Waals surface area contributed by atoms with E-state index in [1.165, 1.54) is 44.8 Å². The first kappa shape index (κ1) is 48.8. The number of anilines is 1. The number of hydrogen-bond donors (Lipinski definition) is 0. The van der Waals surface area contributed by atoms with Crippen molar-refractivity contribution in [1.82, 2.24) is 8.61 Å². The Balaban J connectivity index is 0.000000440. The monoisotopic (exact) mass is 848 g/mol. The Morgan fingerprint density at radius 2 is 1.22 bits per heavy atom. The zero-order chi connectivity index (χ0) is 42.6. The predicted octanol–water partition coefficient (Wildman–Crippen LogP) is 7.44. The molecular weight excluding hydrogens is 809 g/mol. The molecule has 0 atom stereocenters. The normalized spacial score (nSPS) is 13.0. The molecule has 0 aromatic heterocycles. The van der Waals surface area contributed by atoms with Gasteiger partial charge in [0, 0.05) is 46.0 Å². The van der Waals surface area contributed by atoms with Crippen molar-refractivity contribution in [3.63, 3.8) is 0 Å². The van der Waals surface area contributed by atoms with Gasteiger partial charge in [-0.3, -0.25) is 13.9 Å². The van der Waals surface area contributed by atoms with Crippen LogP contribution in [-0.4, -0.2) is 102 Å². The molecule has 0 heterocycles. The lowest BCUT2D eigenvalue weighted by Crippen LogP contribution is -2.47. The van der Waals surface area contributed by atoms with Crippen LogP contribution in [0.1, 0.15) is 16.7 Å². The topological polar surface area (TPSA) is 99.5 Å². The fraction of sp³-hybridized carbons (Fsp3) is 0.205. The van der Waals surface area contributed by atoms with E-state index in [-0.39, 0.29) is 19.8 Å². The van der Waals surface area contributed by atoms with Gasteiger partial charge in [0.15, 0.2) is 17.9 Å². The molecule has 4 rings (SSSR count). The highest BCUT2D eigenvalue weighted by Gasteiger charge is 2.51. The highest BCUT2D eigenvalue weighted by molar-refractivity contribution is 7.93. The van der Waals surface area contributed by atoms with E-state index in [4.69, 9.17) is 0 Å². The summed E-state index contributed by atoms with van der Waals surface area (Å²) < 4.78 is 97.4. The van der Waals surface area contributed by atoms with Crippen LogP contribution in [0, 0.1) is 0 Å². The molecule has 10 nitrogen and oxygen atoms in total. The molecule has 2 amide bonds. The van der Waals surface area contributed by atoms with E-state index in [0.29, 0.717) is 7.05 Å². The van der Waals surface area contributed by atoms with Gasteiger partial charge in [0.2, 0.25) is 0 Å². The predicted molar refractivity (Wildman–Crippen MR) is 214 cm³/mol. The van der Waals surface area contributed by atoms with Gasteiger partial charge in [0.25, 0.3) is 0 Å². The molecule has 19 heteroatoms. The maximum atomic E-state index is 12.2. The number of allylic oxidation sites excluding steroid dienone is 9. The van der Waals surface area contributed by atoms with Gasteiger partial charge in [-0.2, -0.15) is 21.6 Å². The van der Waals surface area contributed by atoms with Crippen molar-refractivity contribution in [2.75, 3.05) is 47.2 Å². The Hall–Kier alpha value is -5.37. The molecule has 58 heavy (non-hydrogen) atoms. The minimum absolute atomic E-state index is 0. The maximum absolute atomic E-state index is 12.2. The number of alkyl halides is 6. The molecule has 0 spiro atoms. The Kier molecular flexibility index (Phi) is 18.0. The second-order valence-electron chi connectivity index (χ2n) is 12.2. The average Bonchev–Trinajstić information content (AvgIpc) is 3.17. The minimum Gasteiger partial charge on any atom is -1.00 e. The first-order valence-corrected chi connectivity index (χ1v) is 18.7. The zero-order valence-electron chi connectivity index (χ0n) is 32.0. The molecule has 0 aliphatic heterocycles. The van der Waals surface area contributed by atoms with Gasteiger partial charge in [-0.05, 0) is 57.7 Å². The van der Waals surface area contributed by atoms with Gasteiger partial charge in [-0.25, -0.2) is 8.88 Å². The maximum Gasteiger partial charge on any atom is 0.550 e. The summed E-state index contributed by atoms with van der Waals surface area (Å²) in [6.45, 7) is 0. The number of sulfonamides is 1. The van der Waals surface area contributed by atoms with Gasteiger partial charge in [0.1, 0.15) is 14.1 Å². The molecule has 4 radical (unpaired) electrons. The first-order chi connectivity index (χ1) is 26.6. The third-order valence-corrected chi connectivity index (χ3v) is 9.75. The van der Waals surface area contributed by atoms with Crippen LogP contribution in [0.5, 0.6) is 0 Å². The van der Waals surface area contributed by atoms with Crippen LogP contribution < -0.4 is 4.90 Å². The van der Waals surface area contributed by atoms with Crippen LogP contribution in [-0.2, 0) is 28.8 Å². The van der Waals surface area contributed by atoms with E-state index >= 15 is 0 Å². The van der Waals surface area contributed by atoms with Crippen molar-refractivity contribution in [3.8, 4) is 0 Å². The molecule has 0 fully saturated rings. The number of halogens is 6. The molecule has 1 aliphatic rings. The number of likely N-dealkylation sites (N-methyl/N-ethyl adjacent to an activating group) is 2. The van der Waals surface area contributed by atoms with Crippen molar-refractivity contribution >= 4 is 65.0 Å². The Labute approximate surface area is 339 Å². The summed E-state index contributed by atoms with van der Waals surface area (Å²) in [6.07, 6.45) is 10.1. The molecule has 3 aromatic carbocycles. The second-order valence-corrected chi connectivity index (χ2v) is 15.0. The Morgan fingerprint density at radius 1 is 0.724 bits per heavy atom. The summed E-state index contributed by atoms with van der Waals surface area (Å²) in [7, 11) is 2.92. The van der Waals surface area contributed by atoms with Crippen LogP contribution >= 0.6 is 12.2 Å². The summed E-state index contributed by atoms with van der Waals surface area (Å²) in [5.41, 5.74) is 3.73. The summed E-state index contributed by atoms with van der Waals surface area (Å²) in [4.78, 5) is 27.4. The van der Waals surface area contributed by atoms with Crippen LogP contribution in [0.3, 0.4) is 0 Å². The zero-order valence-corrected chi connectivity index (χ0v) is 33.7. The van der Waals surface area contributed by atoms with Gasteiger partial charge in [0.05, 0.1) is 0 Å². The minimum atomic E-state index is -6.12. The second kappa shape index (κ2) is 21.4. The van der Waals surface area contributed by atoms with Crippen molar-refractivity contribution < 1.29 is 58.1 Å². The number of carbonyl (C=O) groups excluding carboxylic acids is 2. The summed E-state index contributed by atoms with van der Waals surface area (Å²) in [6, 6.07) is 29.9. The van der Waals surface area contributed by atoms with E-state index in [2.05, 4.69) is 174 Å². The highest BCUT2D eigenvalue weighted by atomic mass is 32.2. The number of carbonyl (C=O) groups is 2. The standard InChI is InChI=1S/C33H33N2.C6H6F6N2O6S2.B/c1-34(2)30-22-18-28(19-23-30)32(26-12-7-5-8-13-26)16-11-17-33(27-14-9-6-10-15-27)29-20-24-31(25-21-29)35(3)4;1-13(21-20-19-5(7,8)9)3(15)4(16)14(2)22(17,18)6(10,11)12;/h5-25H,1-4H3;1-2H3;/q+1;;-1. The lowest BCUT2D eigenvalue weighted by atomic mass is 9.94. The molecule has 0 saturated heterocycles. The fourth-order valence-corrected chi connectivity index (χ4v) is 5.69. The Morgan fingerprint density at radius 3 is 1.69 bits per heavy atom. The number of nitrogens with zero attached hydrogens (tertiary/aromatic N) is 4. The molecule has 0 bridgehead atoms. The SMILES string of the molecule is CN(C)c1ccc(/C(=C\C=CC(=C2C=CC(=[N+](C)C)C=C2)c2ccccc2)c2ccccc2)cc1.CN(SOOC(F)(F)F)C(=O)C(=O)N(C)S(=O)(=O)C(F)(F)F.[B-]. The smallest absolute Gasteiger partial charge is 0.550 e. The molecule has 0 unspecified atom stereocenters. The summed E-state index contributed by atoms with van der Waals surface area (Å²) >= 11 is -0.507. The van der Waals surface area contributed by atoms with Gasteiger partial charge >= 0.3 is 33.7 Å². The number of amides is 2. The molecule has 3 aromatic rings. The molecule has 308 valence electrons. The van der Waals surface area contributed by atoms with Crippen molar-refractivity contribution in [2.45, 2.75) is 11.9 Å². The van der Waals surface area contributed by atoms with E-state index in [9.17, 15) is 44.3 Å². The largest absolute Gasteiger partial charge is 1.00 e. The van der Waals surface area contributed by atoms with Crippen LogP contribution in [0.2, 0.25) is 0 Å².